The number of aryl methyl sites for hydroxylation is 1. The van der Waals surface area contributed by atoms with Gasteiger partial charge in [-0.15, -0.1) is 0 Å². The van der Waals surface area contributed by atoms with Crippen LogP contribution in [0.4, 0.5) is 4.79 Å². The molecule has 1 aliphatic heterocycles. The lowest BCUT2D eigenvalue weighted by Crippen LogP contribution is -2.52. The lowest BCUT2D eigenvalue weighted by molar-refractivity contribution is 0.126. The zero-order valence-corrected chi connectivity index (χ0v) is 15.4. The van der Waals surface area contributed by atoms with Crippen LogP contribution in [0.25, 0.3) is 0 Å². The van der Waals surface area contributed by atoms with Gasteiger partial charge < -0.3 is 15.0 Å². The molecule has 1 fully saturated rings. The van der Waals surface area contributed by atoms with Gasteiger partial charge in [-0.05, 0) is 24.1 Å². The van der Waals surface area contributed by atoms with Gasteiger partial charge in [0.25, 0.3) is 0 Å². The molecular weight excluding hydrogens is 326 g/mol. The van der Waals surface area contributed by atoms with Crippen LogP contribution in [0.5, 0.6) is 5.75 Å². The molecular formula is C21H27N3O2. The topological polar surface area (TPSA) is 44.8 Å². The number of carbonyl (C=O) groups excluding carboxylic acids is 1. The summed E-state index contributed by atoms with van der Waals surface area (Å²) >= 11 is 0. The Morgan fingerprint density at radius 3 is 2.42 bits per heavy atom. The largest absolute Gasteiger partial charge is 0.492 e. The second kappa shape index (κ2) is 9.25. The Hall–Kier alpha value is -2.53. The fourth-order valence-electron chi connectivity index (χ4n) is 3.06. The monoisotopic (exact) mass is 353 g/mol. The van der Waals surface area contributed by atoms with Gasteiger partial charge in [0.2, 0.25) is 0 Å². The number of urea groups is 1. The van der Waals surface area contributed by atoms with Crippen molar-refractivity contribution < 1.29 is 9.53 Å². The van der Waals surface area contributed by atoms with Crippen molar-refractivity contribution in [3.8, 4) is 5.75 Å². The highest BCUT2D eigenvalue weighted by Gasteiger charge is 2.20. The number of carbonyl (C=O) groups is 1. The van der Waals surface area contributed by atoms with Gasteiger partial charge in [-0.2, -0.15) is 0 Å². The van der Waals surface area contributed by atoms with Crippen molar-refractivity contribution in [2.24, 2.45) is 0 Å². The quantitative estimate of drug-likeness (QED) is 0.868. The molecule has 0 aromatic heterocycles. The summed E-state index contributed by atoms with van der Waals surface area (Å²) in [7, 11) is 0. The number of nitrogens with zero attached hydrogens (tertiary/aromatic N) is 2. The SMILES string of the molecule is Cc1ccccc1OCCN1CCN(C(=O)NCc2ccccc2)CC1. The third kappa shape index (κ3) is 5.23. The van der Waals surface area contributed by atoms with Gasteiger partial charge in [0.15, 0.2) is 0 Å². The van der Waals surface area contributed by atoms with E-state index in [2.05, 4.69) is 23.2 Å². The normalized spacial score (nSPS) is 14.9. The van der Waals surface area contributed by atoms with E-state index < -0.39 is 0 Å². The average molecular weight is 353 g/mol. The van der Waals surface area contributed by atoms with Crippen molar-refractivity contribution in [1.82, 2.24) is 15.1 Å². The summed E-state index contributed by atoms with van der Waals surface area (Å²) < 4.78 is 5.87. The average Bonchev–Trinajstić information content (AvgIpc) is 2.69. The molecule has 0 saturated carbocycles. The van der Waals surface area contributed by atoms with Crippen molar-refractivity contribution in [2.75, 3.05) is 39.3 Å². The molecule has 2 amide bonds. The number of rotatable bonds is 6. The molecule has 138 valence electrons. The second-order valence-electron chi connectivity index (χ2n) is 6.59. The van der Waals surface area contributed by atoms with Crippen LogP contribution in [0.2, 0.25) is 0 Å². The van der Waals surface area contributed by atoms with E-state index in [0.29, 0.717) is 13.2 Å². The molecule has 0 radical (unpaired) electrons. The minimum absolute atomic E-state index is 0.0182. The minimum Gasteiger partial charge on any atom is -0.492 e. The van der Waals surface area contributed by atoms with Gasteiger partial charge in [-0.25, -0.2) is 4.79 Å². The fraction of sp³-hybridized carbons (Fsp3) is 0.381. The Bertz CT molecular complexity index is 697. The maximum absolute atomic E-state index is 12.3. The molecule has 0 spiro atoms. The lowest BCUT2D eigenvalue weighted by atomic mass is 10.2. The predicted molar refractivity (Wildman–Crippen MR) is 103 cm³/mol. The van der Waals surface area contributed by atoms with Crippen molar-refractivity contribution in [1.29, 1.82) is 0 Å². The van der Waals surface area contributed by atoms with Gasteiger partial charge in [0.05, 0.1) is 0 Å². The first kappa shape index (κ1) is 18.3. The summed E-state index contributed by atoms with van der Waals surface area (Å²) in [5.41, 5.74) is 2.28. The van der Waals surface area contributed by atoms with Gasteiger partial charge in [0.1, 0.15) is 12.4 Å². The Labute approximate surface area is 155 Å². The molecule has 26 heavy (non-hydrogen) atoms. The predicted octanol–water partition coefficient (Wildman–Crippen LogP) is 2.90. The van der Waals surface area contributed by atoms with Crippen LogP contribution in [0.15, 0.2) is 54.6 Å². The number of para-hydroxylation sites is 1. The van der Waals surface area contributed by atoms with Gasteiger partial charge in [-0.1, -0.05) is 48.5 Å². The van der Waals surface area contributed by atoms with Gasteiger partial charge in [0, 0.05) is 39.3 Å². The van der Waals surface area contributed by atoms with Crippen LogP contribution in [0.1, 0.15) is 11.1 Å². The van der Waals surface area contributed by atoms with E-state index in [9.17, 15) is 4.79 Å². The summed E-state index contributed by atoms with van der Waals surface area (Å²) in [6, 6.07) is 18.1. The van der Waals surface area contributed by atoms with Crippen LogP contribution in [-0.2, 0) is 6.54 Å². The molecule has 0 bridgehead atoms. The van der Waals surface area contributed by atoms with Crippen LogP contribution in [-0.4, -0.2) is 55.2 Å². The van der Waals surface area contributed by atoms with Crippen LogP contribution in [0, 0.1) is 6.92 Å². The fourth-order valence-corrected chi connectivity index (χ4v) is 3.06. The molecule has 3 rings (SSSR count). The van der Waals surface area contributed by atoms with E-state index in [-0.39, 0.29) is 6.03 Å². The summed E-state index contributed by atoms with van der Waals surface area (Å²) in [5.74, 6) is 0.950. The van der Waals surface area contributed by atoms with Crippen molar-refractivity contribution >= 4 is 6.03 Å². The number of piperazine rings is 1. The number of hydrogen-bond donors (Lipinski definition) is 1. The molecule has 1 saturated heterocycles. The Balaban J connectivity index is 1.34. The van der Waals surface area contributed by atoms with E-state index in [1.165, 1.54) is 0 Å². The van der Waals surface area contributed by atoms with Crippen LogP contribution < -0.4 is 10.1 Å². The third-order valence-electron chi connectivity index (χ3n) is 4.70. The maximum atomic E-state index is 12.3. The number of hydrogen-bond acceptors (Lipinski definition) is 3. The Morgan fingerprint density at radius 2 is 1.69 bits per heavy atom. The molecule has 5 nitrogen and oxygen atoms in total. The zero-order valence-electron chi connectivity index (χ0n) is 15.4. The molecule has 1 N–H and O–H groups in total. The smallest absolute Gasteiger partial charge is 0.317 e. The van der Waals surface area contributed by atoms with E-state index >= 15 is 0 Å². The maximum Gasteiger partial charge on any atom is 0.317 e. The molecule has 2 aromatic carbocycles. The Kier molecular flexibility index (Phi) is 6.50. The van der Waals surface area contributed by atoms with Crippen molar-refractivity contribution in [3.63, 3.8) is 0 Å². The first-order valence-corrected chi connectivity index (χ1v) is 9.20. The van der Waals surface area contributed by atoms with Gasteiger partial charge >= 0.3 is 6.03 Å². The standard InChI is InChI=1S/C21H27N3O2/c1-18-7-5-6-10-20(18)26-16-15-23-11-13-24(14-12-23)21(25)22-17-19-8-3-2-4-9-19/h2-10H,11-17H2,1H3,(H,22,25). The second-order valence-corrected chi connectivity index (χ2v) is 6.59. The number of ether oxygens (including phenoxy) is 1. The first-order valence-electron chi connectivity index (χ1n) is 9.20. The highest BCUT2D eigenvalue weighted by atomic mass is 16.5. The number of nitrogens with one attached hydrogen (secondary N) is 1. The molecule has 0 unspecified atom stereocenters. The Morgan fingerprint density at radius 1 is 1.00 bits per heavy atom. The van der Waals surface area contributed by atoms with Gasteiger partial charge in [-0.3, -0.25) is 4.90 Å². The molecule has 1 aliphatic rings. The molecule has 2 aromatic rings. The summed E-state index contributed by atoms with van der Waals surface area (Å²) in [6.07, 6.45) is 0. The van der Waals surface area contributed by atoms with Crippen molar-refractivity contribution in [2.45, 2.75) is 13.5 Å². The molecule has 0 atom stereocenters. The number of amides is 2. The third-order valence-corrected chi connectivity index (χ3v) is 4.70. The van der Waals surface area contributed by atoms with E-state index in [4.69, 9.17) is 4.74 Å². The summed E-state index contributed by atoms with van der Waals surface area (Å²) in [4.78, 5) is 16.5. The van der Waals surface area contributed by atoms with E-state index in [1.807, 2.05) is 53.4 Å². The van der Waals surface area contributed by atoms with Crippen molar-refractivity contribution in [3.05, 3.63) is 65.7 Å². The molecule has 0 aliphatic carbocycles. The summed E-state index contributed by atoms with van der Waals surface area (Å²) in [6.45, 7) is 7.47. The minimum atomic E-state index is 0.0182. The molecule has 5 heteroatoms. The van der Waals surface area contributed by atoms with Crippen LogP contribution >= 0.6 is 0 Å². The highest BCUT2D eigenvalue weighted by molar-refractivity contribution is 5.74. The molecule has 1 heterocycles. The zero-order chi connectivity index (χ0) is 18.2. The highest BCUT2D eigenvalue weighted by Crippen LogP contribution is 2.16. The lowest BCUT2D eigenvalue weighted by Gasteiger charge is -2.34. The first-order chi connectivity index (χ1) is 12.7. The summed E-state index contributed by atoms with van der Waals surface area (Å²) in [5, 5.41) is 3.00. The van der Waals surface area contributed by atoms with E-state index in [1.54, 1.807) is 0 Å². The number of benzene rings is 2. The van der Waals surface area contributed by atoms with E-state index in [0.717, 1.165) is 49.6 Å². The van der Waals surface area contributed by atoms with Crippen LogP contribution in [0.3, 0.4) is 0 Å².